The topological polar surface area (TPSA) is 75.3 Å². The first-order valence-corrected chi connectivity index (χ1v) is 8.02. The zero-order chi connectivity index (χ0) is 13.3. The second-order valence-corrected chi connectivity index (χ2v) is 6.95. The number of sulfone groups is 1. The first-order valence-electron chi connectivity index (χ1n) is 5.96. The van der Waals surface area contributed by atoms with Crippen LogP contribution in [-0.2, 0) is 14.6 Å². The largest absolute Gasteiger partial charge is 0.355 e. The normalized spacial score (nSPS) is 11.8. The van der Waals surface area contributed by atoms with Crippen molar-refractivity contribution >= 4 is 15.7 Å². The Balaban J connectivity index is 3.40. The van der Waals surface area contributed by atoms with Crippen LogP contribution >= 0.6 is 0 Å². The zero-order valence-corrected chi connectivity index (χ0v) is 11.8. The summed E-state index contributed by atoms with van der Waals surface area (Å²) in [6, 6.07) is 0. The predicted octanol–water partition coefficient (Wildman–Crippen LogP) is 0.173. The summed E-state index contributed by atoms with van der Waals surface area (Å²) in [6.07, 6.45) is 2.73. The molecular weight excluding hydrogens is 240 g/mol. The van der Waals surface area contributed by atoms with Crippen molar-refractivity contribution in [2.24, 2.45) is 5.92 Å². The Morgan fingerprint density at radius 1 is 1.24 bits per heavy atom. The molecule has 5 nitrogen and oxygen atoms in total. The summed E-state index contributed by atoms with van der Waals surface area (Å²) in [6.45, 7) is 5.71. The van der Waals surface area contributed by atoms with Gasteiger partial charge in [0.25, 0.3) is 0 Å². The van der Waals surface area contributed by atoms with Crippen LogP contribution in [0.1, 0.15) is 26.7 Å². The van der Waals surface area contributed by atoms with Crippen LogP contribution in [0.2, 0.25) is 0 Å². The van der Waals surface area contributed by atoms with Gasteiger partial charge in [-0.2, -0.15) is 0 Å². The Bertz CT molecular complexity index is 313. The molecule has 0 saturated heterocycles. The molecule has 0 spiro atoms. The first kappa shape index (κ1) is 16.4. The minimum Gasteiger partial charge on any atom is -0.355 e. The van der Waals surface area contributed by atoms with Gasteiger partial charge in [0.05, 0.1) is 12.3 Å². The van der Waals surface area contributed by atoms with Gasteiger partial charge in [0.2, 0.25) is 5.91 Å². The fourth-order valence-corrected chi connectivity index (χ4v) is 1.89. The highest BCUT2D eigenvalue weighted by atomic mass is 32.2. The van der Waals surface area contributed by atoms with Gasteiger partial charge in [-0.3, -0.25) is 4.79 Å². The molecule has 0 radical (unpaired) electrons. The molecule has 0 rings (SSSR count). The molecule has 0 unspecified atom stereocenters. The van der Waals surface area contributed by atoms with E-state index in [0.717, 1.165) is 6.42 Å². The van der Waals surface area contributed by atoms with Gasteiger partial charge in [-0.25, -0.2) is 8.42 Å². The number of hydrogen-bond donors (Lipinski definition) is 2. The fourth-order valence-electron chi connectivity index (χ4n) is 1.22. The molecule has 0 aliphatic carbocycles. The zero-order valence-electron chi connectivity index (χ0n) is 11.0. The van der Waals surface area contributed by atoms with Gasteiger partial charge < -0.3 is 10.6 Å². The van der Waals surface area contributed by atoms with Gasteiger partial charge in [0, 0.05) is 12.8 Å². The smallest absolute Gasteiger partial charge is 0.233 e. The van der Waals surface area contributed by atoms with Crippen LogP contribution in [0.15, 0.2) is 0 Å². The van der Waals surface area contributed by atoms with Gasteiger partial charge in [-0.15, -0.1) is 0 Å². The van der Waals surface area contributed by atoms with E-state index in [4.69, 9.17) is 0 Å². The van der Waals surface area contributed by atoms with Crippen molar-refractivity contribution in [3.8, 4) is 0 Å². The van der Waals surface area contributed by atoms with E-state index < -0.39 is 9.84 Å². The van der Waals surface area contributed by atoms with Crippen molar-refractivity contribution in [1.82, 2.24) is 10.6 Å². The van der Waals surface area contributed by atoms with Crippen LogP contribution in [-0.4, -0.2) is 46.0 Å². The second-order valence-electron chi connectivity index (χ2n) is 4.69. The Hall–Kier alpha value is -0.620. The summed E-state index contributed by atoms with van der Waals surface area (Å²) in [4.78, 5) is 11.3. The molecule has 1 amide bonds. The van der Waals surface area contributed by atoms with Crippen molar-refractivity contribution in [1.29, 1.82) is 0 Å². The maximum Gasteiger partial charge on any atom is 0.233 e. The summed E-state index contributed by atoms with van der Waals surface area (Å²) in [7, 11) is -2.89. The Morgan fingerprint density at radius 2 is 1.88 bits per heavy atom. The monoisotopic (exact) mass is 264 g/mol. The van der Waals surface area contributed by atoms with Crippen molar-refractivity contribution in [2.75, 3.05) is 31.6 Å². The number of nitrogens with one attached hydrogen (secondary N) is 2. The van der Waals surface area contributed by atoms with Gasteiger partial charge in [-0.05, 0) is 25.3 Å². The van der Waals surface area contributed by atoms with Crippen LogP contribution in [0, 0.1) is 5.92 Å². The number of carbonyl (C=O) groups is 1. The summed E-state index contributed by atoms with van der Waals surface area (Å²) in [5, 5.41) is 5.72. The molecule has 0 bridgehead atoms. The lowest BCUT2D eigenvalue weighted by molar-refractivity contribution is -0.120. The summed E-state index contributed by atoms with van der Waals surface area (Å²) in [5.41, 5.74) is 0. The van der Waals surface area contributed by atoms with Gasteiger partial charge in [-0.1, -0.05) is 13.8 Å². The highest BCUT2D eigenvalue weighted by Crippen LogP contribution is 1.95. The lowest BCUT2D eigenvalue weighted by Crippen LogP contribution is -2.35. The van der Waals surface area contributed by atoms with E-state index >= 15 is 0 Å². The van der Waals surface area contributed by atoms with E-state index in [1.165, 1.54) is 6.26 Å². The maximum atomic E-state index is 11.3. The molecule has 0 fully saturated rings. The average molecular weight is 264 g/mol. The summed E-state index contributed by atoms with van der Waals surface area (Å²) >= 11 is 0. The lowest BCUT2D eigenvalue weighted by Gasteiger charge is -2.07. The highest BCUT2D eigenvalue weighted by Gasteiger charge is 2.03. The third kappa shape index (κ3) is 13.3. The van der Waals surface area contributed by atoms with Gasteiger partial charge >= 0.3 is 0 Å². The van der Waals surface area contributed by atoms with Crippen molar-refractivity contribution in [3.63, 3.8) is 0 Å². The minimum atomic E-state index is -2.89. The van der Waals surface area contributed by atoms with E-state index in [1.807, 2.05) is 0 Å². The van der Waals surface area contributed by atoms with Crippen LogP contribution < -0.4 is 10.6 Å². The van der Waals surface area contributed by atoms with E-state index in [-0.39, 0.29) is 18.2 Å². The Labute approximate surface area is 104 Å². The Kier molecular flexibility index (Phi) is 8.16. The quantitative estimate of drug-likeness (QED) is 0.582. The first-order chi connectivity index (χ1) is 7.81. The fraction of sp³-hybridized carbons (Fsp3) is 0.909. The number of carbonyl (C=O) groups excluding carboxylic acids is 1. The minimum absolute atomic E-state index is 0.0370. The molecule has 0 aliphatic rings. The molecule has 17 heavy (non-hydrogen) atoms. The predicted molar refractivity (Wildman–Crippen MR) is 69.7 cm³/mol. The summed E-state index contributed by atoms with van der Waals surface area (Å²) < 4.78 is 21.7. The highest BCUT2D eigenvalue weighted by molar-refractivity contribution is 7.90. The second kappa shape index (κ2) is 8.47. The van der Waals surface area contributed by atoms with Crippen LogP contribution in [0.5, 0.6) is 0 Å². The van der Waals surface area contributed by atoms with Crippen LogP contribution in [0.3, 0.4) is 0 Å². The molecule has 102 valence electrons. The van der Waals surface area contributed by atoms with Crippen LogP contribution in [0.25, 0.3) is 0 Å². The molecule has 0 saturated carbocycles. The number of hydrogen-bond acceptors (Lipinski definition) is 4. The van der Waals surface area contributed by atoms with E-state index in [9.17, 15) is 13.2 Å². The van der Waals surface area contributed by atoms with Crippen molar-refractivity contribution < 1.29 is 13.2 Å². The average Bonchev–Trinajstić information content (AvgIpc) is 2.14. The van der Waals surface area contributed by atoms with E-state index in [2.05, 4.69) is 24.5 Å². The maximum absolute atomic E-state index is 11.3. The van der Waals surface area contributed by atoms with Gasteiger partial charge in [0.1, 0.15) is 9.84 Å². The third-order valence-corrected chi connectivity index (χ3v) is 3.23. The molecular formula is C11H24N2O3S. The standard InChI is InChI=1S/C11H24N2O3S/c1-10(2)5-7-13-11(14)9-12-6-4-8-17(3,15)16/h10,12H,4-9H2,1-3H3,(H,13,14). The van der Waals surface area contributed by atoms with Crippen molar-refractivity contribution in [2.45, 2.75) is 26.7 Å². The molecule has 0 atom stereocenters. The summed E-state index contributed by atoms with van der Waals surface area (Å²) in [5.74, 6) is 0.706. The van der Waals surface area contributed by atoms with Crippen molar-refractivity contribution in [3.05, 3.63) is 0 Å². The number of amides is 1. The van der Waals surface area contributed by atoms with Gasteiger partial charge in [0.15, 0.2) is 0 Å². The molecule has 0 aromatic heterocycles. The SMILES string of the molecule is CC(C)CCNC(=O)CNCCCS(C)(=O)=O. The lowest BCUT2D eigenvalue weighted by atomic mass is 10.1. The molecule has 0 aliphatic heterocycles. The van der Waals surface area contributed by atoms with E-state index in [0.29, 0.717) is 25.4 Å². The molecule has 0 heterocycles. The molecule has 0 aromatic rings. The Morgan fingerprint density at radius 3 is 2.41 bits per heavy atom. The third-order valence-electron chi connectivity index (χ3n) is 2.20. The van der Waals surface area contributed by atoms with E-state index in [1.54, 1.807) is 0 Å². The van der Waals surface area contributed by atoms with Crippen LogP contribution in [0.4, 0.5) is 0 Å². The molecule has 0 aromatic carbocycles. The molecule has 6 heteroatoms. The molecule has 2 N–H and O–H groups in total. The number of rotatable bonds is 9.